The van der Waals surface area contributed by atoms with Crippen molar-refractivity contribution in [1.29, 1.82) is 0 Å². The summed E-state index contributed by atoms with van der Waals surface area (Å²) in [6, 6.07) is 12.7. The Morgan fingerprint density at radius 1 is 1.25 bits per heavy atom. The van der Waals surface area contributed by atoms with Crippen LogP contribution in [0.2, 0.25) is 0 Å². The average molecular weight is 284 g/mol. The van der Waals surface area contributed by atoms with Gasteiger partial charge in [0.05, 0.1) is 18.7 Å². The third-order valence-corrected chi connectivity index (χ3v) is 4.34. The minimum absolute atomic E-state index is 0.162. The summed E-state index contributed by atoms with van der Waals surface area (Å²) in [6.07, 6.45) is 1.83. The van der Waals surface area contributed by atoms with Crippen molar-refractivity contribution < 1.29 is 4.74 Å². The fourth-order valence-electron chi connectivity index (χ4n) is 2.33. The zero-order chi connectivity index (χ0) is 13.9. The van der Waals surface area contributed by atoms with Gasteiger partial charge in [0.25, 0.3) is 0 Å². The van der Waals surface area contributed by atoms with Crippen molar-refractivity contribution in [2.75, 3.05) is 14.2 Å². The van der Waals surface area contributed by atoms with E-state index in [0.29, 0.717) is 0 Å². The van der Waals surface area contributed by atoms with Crippen LogP contribution in [-0.4, -0.2) is 19.1 Å². The molecule has 1 aromatic carbocycles. The molecule has 3 aromatic rings. The summed E-state index contributed by atoms with van der Waals surface area (Å²) in [5.74, 6) is 0.907. The molecule has 0 bridgehead atoms. The minimum atomic E-state index is 0.162. The molecule has 102 valence electrons. The fourth-order valence-corrected chi connectivity index (χ4v) is 3.32. The quantitative estimate of drug-likeness (QED) is 0.794. The van der Waals surface area contributed by atoms with E-state index >= 15 is 0 Å². The molecule has 0 amide bonds. The van der Waals surface area contributed by atoms with Crippen molar-refractivity contribution >= 4 is 22.2 Å². The molecule has 0 spiro atoms. The highest BCUT2D eigenvalue weighted by atomic mass is 32.1. The number of rotatable bonds is 4. The first-order valence-corrected chi connectivity index (χ1v) is 7.34. The molecule has 2 aromatic heterocycles. The summed E-state index contributed by atoms with van der Waals surface area (Å²) in [7, 11) is 3.67. The summed E-state index contributed by atoms with van der Waals surface area (Å²) in [6.45, 7) is 0. The first kappa shape index (κ1) is 13.1. The zero-order valence-electron chi connectivity index (χ0n) is 11.5. The maximum Gasteiger partial charge on any atom is 0.129 e. The van der Waals surface area contributed by atoms with Crippen molar-refractivity contribution in [3.8, 4) is 5.75 Å². The lowest BCUT2D eigenvalue weighted by atomic mass is 10.0. The van der Waals surface area contributed by atoms with E-state index in [9.17, 15) is 0 Å². The molecule has 3 nitrogen and oxygen atoms in total. The highest BCUT2D eigenvalue weighted by Gasteiger charge is 2.15. The normalized spacial score (nSPS) is 12.5. The highest BCUT2D eigenvalue weighted by Crippen LogP contribution is 2.31. The molecule has 1 unspecified atom stereocenters. The summed E-state index contributed by atoms with van der Waals surface area (Å²) in [5.41, 5.74) is 2.23. The van der Waals surface area contributed by atoms with Crippen LogP contribution in [0.3, 0.4) is 0 Å². The zero-order valence-corrected chi connectivity index (χ0v) is 12.3. The molecule has 2 heterocycles. The monoisotopic (exact) mass is 284 g/mol. The number of aromatic nitrogens is 1. The van der Waals surface area contributed by atoms with E-state index in [4.69, 9.17) is 4.74 Å². The van der Waals surface area contributed by atoms with Gasteiger partial charge in [0.1, 0.15) is 5.75 Å². The standard InChI is InChI=1S/C16H16N2OS/c1-17-16(15-9-13(19-2)10-20-15)12-6-5-11-4-3-7-18-14(11)8-12/h3-10,16-17H,1-2H3. The topological polar surface area (TPSA) is 34.2 Å². The van der Waals surface area contributed by atoms with Crippen LogP contribution in [0.4, 0.5) is 0 Å². The summed E-state index contributed by atoms with van der Waals surface area (Å²) < 4.78 is 5.27. The number of thiophene rings is 1. The van der Waals surface area contributed by atoms with Crippen LogP contribution in [0.5, 0.6) is 5.75 Å². The smallest absolute Gasteiger partial charge is 0.129 e. The Hall–Kier alpha value is -1.91. The van der Waals surface area contributed by atoms with Gasteiger partial charge in [0.15, 0.2) is 0 Å². The number of benzene rings is 1. The van der Waals surface area contributed by atoms with E-state index < -0.39 is 0 Å². The summed E-state index contributed by atoms with van der Waals surface area (Å²) >= 11 is 1.70. The number of hydrogen-bond acceptors (Lipinski definition) is 4. The van der Waals surface area contributed by atoms with E-state index in [1.54, 1.807) is 18.4 Å². The number of nitrogens with one attached hydrogen (secondary N) is 1. The predicted octanol–water partition coefficient (Wildman–Crippen LogP) is 3.61. The molecule has 3 rings (SSSR count). The van der Waals surface area contributed by atoms with E-state index in [-0.39, 0.29) is 6.04 Å². The summed E-state index contributed by atoms with van der Waals surface area (Å²) in [4.78, 5) is 5.66. The largest absolute Gasteiger partial charge is 0.496 e. The van der Waals surface area contributed by atoms with Gasteiger partial charge in [-0.2, -0.15) is 0 Å². The van der Waals surface area contributed by atoms with Crippen LogP contribution in [-0.2, 0) is 0 Å². The Morgan fingerprint density at radius 2 is 2.15 bits per heavy atom. The maximum atomic E-state index is 5.27. The molecule has 0 radical (unpaired) electrons. The van der Waals surface area contributed by atoms with E-state index in [0.717, 1.165) is 16.7 Å². The van der Waals surface area contributed by atoms with Gasteiger partial charge in [0.2, 0.25) is 0 Å². The molecule has 20 heavy (non-hydrogen) atoms. The third kappa shape index (κ3) is 2.40. The molecule has 4 heteroatoms. The first-order valence-electron chi connectivity index (χ1n) is 6.46. The van der Waals surface area contributed by atoms with Crippen molar-refractivity contribution in [2.45, 2.75) is 6.04 Å². The van der Waals surface area contributed by atoms with Crippen LogP contribution in [0, 0.1) is 0 Å². The molecule has 0 aliphatic heterocycles. The molecule has 0 saturated carbocycles. The maximum absolute atomic E-state index is 5.27. The predicted molar refractivity (Wildman–Crippen MR) is 83.5 cm³/mol. The van der Waals surface area contributed by atoms with E-state index in [1.807, 2.05) is 24.7 Å². The number of fused-ring (bicyclic) bond motifs is 1. The Morgan fingerprint density at radius 3 is 2.90 bits per heavy atom. The van der Waals surface area contributed by atoms with Gasteiger partial charge in [-0.15, -0.1) is 11.3 Å². The van der Waals surface area contributed by atoms with Crippen LogP contribution >= 0.6 is 11.3 Å². The Kier molecular flexibility index (Phi) is 3.67. The molecule has 0 saturated heterocycles. The Balaban J connectivity index is 2.02. The lowest BCUT2D eigenvalue weighted by Crippen LogP contribution is -2.16. The molecular weight excluding hydrogens is 268 g/mol. The van der Waals surface area contributed by atoms with Gasteiger partial charge >= 0.3 is 0 Å². The van der Waals surface area contributed by atoms with Crippen LogP contribution < -0.4 is 10.1 Å². The number of methoxy groups -OCH3 is 1. The number of hydrogen-bond donors (Lipinski definition) is 1. The van der Waals surface area contributed by atoms with Gasteiger partial charge < -0.3 is 10.1 Å². The lowest BCUT2D eigenvalue weighted by Gasteiger charge is -2.15. The van der Waals surface area contributed by atoms with Crippen molar-refractivity contribution in [3.05, 3.63) is 58.4 Å². The second-order valence-electron chi connectivity index (χ2n) is 4.57. The van der Waals surface area contributed by atoms with Crippen LogP contribution in [0.25, 0.3) is 10.9 Å². The SMILES string of the molecule is CNC(c1ccc2cccnc2c1)c1cc(OC)cs1. The highest BCUT2D eigenvalue weighted by molar-refractivity contribution is 7.10. The van der Waals surface area contributed by atoms with Gasteiger partial charge in [-0.1, -0.05) is 18.2 Å². The molecule has 1 N–H and O–H groups in total. The number of ether oxygens (including phenoxy) is 1. The van der Waals surface area contributed by atoms with Crippen molar-refractivity contribution in [3.63, 3.8) is 0 Å². The van der Waals surface area contributed by atoms with Gasteiger partial charge in [-0.25, -0.2) is 0 Å². The molecule has 0 aliphatic carbocycles. The van der Waals surface area contributed by atoms with E-state index in [1.165, 1.54) is 10.4 Å². The second kappa shape index (κ2) is 5.61. The van der Waals surface area contributed by atoms with Crippen molar-refractivity contribution in [1.82, 2.24) is 10.3 Å². The molecule has 1 atom stereocenters. The first-order chi connectivity index (χ1) is 9.81. The lowest BCUT2D eigenvalue weighted by molar-refractivity contribution is 0.416. The van der Waals surface area contributed by atoms with E-state index in [2.05, 4.69) is 40.6 Å². The van der Waals surface area contributed by atoms with Gasteiger partial charge in [-0.05, 0) is 30.8 Å². The molecular formula is C16H16N2OS. The van der Waals surface area contributed by atoms with Crippen molar-refractivity contribution in [2.24, 2.45) is 0 Å². The average Bonchev–Trinajstić information content (AvgIpc) is 2.97. The number of nitrogens with zero attached hydrogens (tertiary/aromatic N) is 1. The van der Waals surface area contributed by atoms with Gasteiger partial charge in [-0.3, -0.25) is 4.98 Å². The fraction of sp³-hybridized carbons (Fsp3) is 0.188. The van der Waals surface area contributed by atoms with Crippen LogP contribution in [0.1, 0.15) is 16.5 Å². The molecule has 0 fully saturated rings. The third-order valence-electron chi connectivity index (χ3n) is 3.37. The summed E-state index contributed by atoms with van der Waals surface area (Å²) in [5, 5.41) is 6.55. The number of pyridine rings is 1. The van der Waals surface area contributed by atoms with Gasteiger partial charge in [0, 0.05) is 21.8 Å². The molecule has 0 aliphatic rings. The van der Waals surface area contributed by atoms with Crippen LogP contribution in [0.15, 0.2) is 48.0 Å². The second-order valence-corrected chi connectivity index (χ2v) is 5.51. The Labute approximate surface area is 122 Å². The minimum Gasteiger partial charge on any atom is -0.496 e. The Bertz CT molecular complexity index is 723.